The Kier molecular flexibility index (Phi) is 37.9. The summed E-state index contributed by atoms with van der Waals surface area (Å²) in [5.41, 5.74) is 0. The highest BCUT2D eigenvalue weighted by molar-refractivity contribution is 5.71. The second kappa shape index (κ2) is 39.1. The Bertz CT molecular complexity index is 796. The first-order valence-electron chi connectivity index (χ1n) is 22.8. The van der Waals surface area contributed by atoms with Gasteiger partial charge in [0.05, 0.1) is 0 Å². The molecule has 0 aliphatic heterocycles. The predicted octanol–water partition coefficient (Wildman–Crippen LogP) is 14.2. The van der Waals surface area contributed by atoms with Crippen LogP contribution in [0, 0.1) is 11.8 Å². The highest BCUT2D eigenvalue weighted by atomic mass is 16.6. The van der Waals surface area contributed by atoms with E-state index in [0.29, 0.717) is 19.3 Å². The van der Waals surface area contributed by atoms with Gasteiger partial charge in [-0.15, -0.1) is 0 Å². The van der Waals surface area contributed by atoms with Crippen molar-refractivity contribution in [2.75, 3.05) is 13.2 Å². The van der Waals surface area contributed by atoms with Crippen molar-refractivity contribution in [1.82, 2.24) is 0 Å². The van der Waals surface area contributed by atoms with Crippen LogP contribution in [-0.4, -0.2) is 37.2 Å². The molecule has 0 amide bonds. The van der Waals surface area contributed by atoms with Crippen LogP contribution in [0.3, 0.4) is 0 Å². The van der Waals surface area contributed by atoms with Gasteiger partial charge in [0.1, 0.15) is 13.2 Å². The molecule has 0 bridgehead atoms. The zero-order chi connectivity index (χ0) is 38.3. The number of hydrogen-bond donors (Lipinski definition) is 0. The summed E-state index contributed by atoms with van der Waals surface area (Å²) in [5.74, 6) is 0.803. The Hall–Kier alpha value is -1.59. The van der Waals surface area contributed by atoms with E-state index in [9.17, 15) is 14.4 Å². The maximum absolute atomic E-state index is 12.7. The Morgan fingerprint density at radius 2 is 0.731 bits per heavy atom. The number of hydrogen-bond acceptors (Lipinski definition) is 6. The molecule has 0 fully saturated rings. The summed E-state index contributed by atoms with van der Waals surface area (Å²) < 4.78 is 16.7. The summed E-state index contributed by atoms with van der Waals surface area (Å²) in [5, 5.41) is 0. The lowest BCUT2D eigenvalue weighted by Crippen LogP contribution is -2.30. The fraction of sp³-hybridized carbons (Fsp3) is 0.935. The predicted molar refractivity (Wildman–Crippen MR) is 220 cm³/mol. The largest absolute Gasteiger partial charge is 0.462 e. The van der Waals surface area contributed by atoms with Gasteiger partial charge >= 0.3 is 17.9 Å². The van der Waals surface area contributed by atoms with Gasteiger partial charge < -0.3 is 14.2 Å². The molecule has 0 aliphatic carbocycles. The van der Waals surface area contributed by atoms with Crippen LogP contribution in [0.15, 0.2) is 0 Å². The standard InChI is InChI=1S/C46H88O6/c1-6-8-9-10-11-14-21-26-31-36-44(47)50-39-43(40-51-45(48)37-32-27-22-18-17-20-25-30-35-42(5)7-2)52-46(49)38-33-28-23-16-13-12-15-19-24-29-34-41(3)4/h41-43H,6-40H2,1-5H3/t42?,43-/m1/s1. The van der Waals surface area contributed by atoms with Crippen LogP contribution in [0.25, 0.3) is 0 Å². The lowest BCUT2D eigenvalue weighted by Gasteiger charge is -2.18. The summed E-state index contributed by atoms with van der Waals surface area (Å²) in [7, 11) is 0. The van der Waals surface area contributed by atoms with Crippen molar-refractivity contribution in [2.24, 2.45) is 11.8 Å². The minimum atomic E-state index is -0.760. The smallest absolute Gasteiger partial charge is 0.306 e. The summed E-state index contributed by atoms with van der Waals surface area (Å²) in [6, 6.07) is 0. The van der Waals surface area contributed by atoms with E-state index in [4.69, 9.17) is 14.2 Å². The summed E-state index contributed by atoms with van der Waals surface area (Å²) in [6.45, 7) is 11.3. The van der Waals surface area contributed by atoms with Gasteiger partial charge in [0.15, 0.2) is 6.10 Å². The maximum atomic E-state index is 12.7. The van der Waals surface area contributed by atoms with Crippen molar-refractivity contribution >= 4 is 17.9 Å². The van der Waals surface area contributed by atoms with Crippen molar-refractivity contribution in [3.63, 3.8) is 0 Å². The van der Waals surface area contributed by atoms with E-state index in [-0.39, 0.29) is 31.1 Å². The molecule has 0 aromatic heterocycles. The molecular formula is C46H88O6. The SMILES string of the molecule is CCCCCCCCCCCC(=O)OC[C@H](COC(=O)CCCCCCCCCCC(C)CC)OC(=O)CCCCCCCCCCCCC(C)C. The molecule has 0 spiro atoms. The molecule has 0 N–H and O–H groups in total. The van der Waals surface area contributed by atoms with Gasteiger partial charge in [-0.3, -0.25) is 14.4 Å². The average molecular weight is 737 g/mol. The van der Waals surface area contributed by atoms with E-state index in [1.54, 1.807) is 0 Å². The number of unbranched alkanes of at least 4 members (excludes halogenated alkanes) is 24. The zero-order valence-electron chi connectivity index (χ0n) is 35.4. The molecule has 0 saturated carbocycles. The van der Waals surface area contributed by atoms with Crippen LogP contribution in [0.4, 0.5) is 0 Å². The third-order valence-corrected chi connectivity index (χ3v) is 10.6. The van der Waals surface area contributed by atoms with Crippen LogP contribution in [0.1, 0.15) is 247 Å². The highest BCUT2D eigenvalue weighted by Crippen LogP contribution is 2.17. The molecular weight excluding hydrogens is 649 g/mol. The third kappa shape index (κ3) is 38.1. The zero-order valence-corrected chi connectivity index (χ0v) is 35.4. The van der Waals surface area contributed by atoms with Crippen molar-refractivity contribution in [1.29, 1.82) is 0 Å². The highest BCUT2D eigenvalue weighted by Gasteiger charge is 2.19. The fourth-order valence-electron chi connectivity index (χ4n) is 6.72. The molecule has 0 rings (SSSR count). The topological polar surface area (TPSA) is 78.9 Å². The first-order chi connectivity index (χ1) is 25.3. The molecule has 0 aromatic rings. The number of carbonyl (C=O) groups is 3. The van der Waals surface area contributed by atoms with E-state index in [1.807, 2.05) is 0 Å². The average Bonchev–Trinajstić information content (AvgIpc) is 3.12. The summed E-state index contributed by atoms with van der Waals surface area (Å²) in [4.78, 5) is 37.7. The number of carbonyl (C=O) groups excluding carboxylic acids is 3. The molecule has 0 radical (unpaired) electrons. The van der Waals surface area contributed by atoms with Crippen molar-refractivity contribution in [3.05, 3.63) is 0 Å². The molecule has 308 valence electrons. The molecule has 0 aromatic carbocycles. The molecule has 6 heteroatoms. The molecule has 6 nitrogen and oxygen atoms in total. The molecule has 52 heavy (non-hydrogen) atoms. The van der Waals surface area contributed by atoms with E-state index < -0.39 is 6.10 Å². The molecule has 0 saturated heterocycles. The minimum absolute atomic E-state index is 0.0654. The van der Waals surface area contributed by atoms with Gasteiger partial charge in [0, 0.05) is 19.3 Å². The molecule has 1 unspecified atom stereocenters. The van der Waals surface area contributed by atoms with E-state index in [2.05, 4.69) is 34.6 Å². The molecule has 0 aliphatic rings. The Labute approximate surface area is 323 Å². The van der Waals surface area contributed by atoms with Crippen molar-refractivity contribution in [2.45, 2.75) is 253 Å². The van der Waals surface area contributed by atoms with Gasteiger partial charge in [-0.25, -0.2) is 0 Å². The molecule has 0 heterocycles. The number of ether oxygens (including phenoxy) is 3. The van der Waals surface area contributed by atoms with E-state index in [1.165, 1.54) is 135 Å². The maximum Gasteiger partial charge on any atom is 0.306 e. The van der Waals surface area contributed by atoms with Crippen LogP contribution in [-0.2, 0) is 28.6 Å². The normalized spacial score (nSPS) is 12.6. The first-order valence-corrected chi connectivity index (χ1v) is 22.8. The summed E-state index contributed by atoms with van der Waals surface area (Å²) >= 11 is 0. The van der Waals surface area contributed by atoms with Gasteiger partial charge in [0.25, 0.3) is 0 Å². The third-order valence-electron chi connectivity index (χ3n) is 10.6. The van der Waals surface area contributed by atoms with E-state index in [0.717, 1.165) is 69.6 Å². The van der Waals surface area contributed by atoms with Crippen molar-refractivity contribution < 1.29 is 28.6 Å². The summed E-state index contributed by atoms with van der Waals surface area (Å²) in [6.07, 6.45) is 36.5. The number of rotatable bonds is 40. The van der Waals surface area contributed by atoms with Crippen LogP contribution in [0.2, 0.25) is 0 Å². The second-order valence-corrected chi connectivity index (χ2v) is 16.4. The molecule has 2 atom stereocenters. The Balaban J connectivity index is 4.34. The Morgan fingerprint density at radius 1 is 0.404 bits per heavy atom. The lowest BCUT2D eigenvalue weighted by molar-refractivity contribution is -0.167. The minimum Gasteiger partial charge on any atom is -0.462 e. The lowest BCUT2D eigenvalue weighted by atomic mass is 9.99. The van der Waals surface area contributed by atoms with Gasteiger partial charge in [-0.1, -0.05) is 208 Å². The van der Waals surface area contributed by atoms with Crippen LogP contribution in [0.5, 0.6) is 0 Å². The van der Waals surface area contributed by atoms with Crippen LogP contribution >= 0.6 is 0 Å². The second-order valence-electron chi connectivity index (χ2n) is 16.4. The quantitative estimate of drug-likeness (QED) is 0.0354. The van der Waals surface area contributed by atoms with Crippen LogP contribution < -0.4 is 0 Å². The van der Waals surface area contributed by atoms with E-state index >= 15 is 0 Å². The van der Waals surface area contributed by atoms with Gasteiger partial charge in [-0.2, -0.15) is 0 Å². The van der Waals surface area contributed by atoms with Gasteiger partial charge in [-0.05, 0) is 31.1 Å². The first kappa shape index (κ1) is 50.4. The monoisotopic (exact) mass is 737 g/mol. The van der Waals surface area contributed by atoms with Crippen molar-refractivity contribution in [3.8, 4) is 0 Å². The Morgan fingerprint density at radius 3 is 1.10 bits per heavy atom. The number of esters is 3. The fourth-order valence-corrected chi connectivity index (χ4v) is 6.72. The van der Waals surface area contributed by atoms with Gasteiger partial charge in [0.2, 0.25) is 0 Å².